The molecule has 3 nitrogen and oxygen atoms in total. The van der Waals surface area contributed by atoms with Gasteiger partial charge in [0.25, 0.3) is 5.91 Å². The van der Waals surface area contributed by atoms with Gasteiger partial charge in [0.2, 0.25) is 0 Å². The van der Waals surface area contributed by atoms with Gasteiger partial charge in [-0.25, -0.2) is 0 Å². The largest absolute Gasteiger partial charge is 0.508 e. The molecule has 106 valence electrons. The number of carbonyl (C=O) groups is 1. The highest BCUT2D eigenvalue weighted by molar-refractivity contribution is 5.96. The summed E-state index contributed by atoms with van der Waals surface area (Å²) in [6.07, 6.45) is 4.53. The first-order valence-corrected chi connectivity index (χ1v) is 7.29. The van der Waals surface area contributed by atoms with Crippen LogP contribution in [0.4, 0.5) is 0 Å². The zero-order valence-corrected chi connectivity index (χ0v) is 12.1. The van der Waals surface area contributed by atoms with Gasteiger partial charge in [0.15, 0.2) is 0 Å². The second kappa shape index (κ2) is 4.97. The molecule has 0 radical (unpaired) electrons. The fourth-order valence-corrected chi connectivity index (χ4v) is 3.48. The molecule has 20 heavy (non-hydrogen) atoms. The van der Waals surface area contributed by atoms with Crippen molar-refractivity contribution in [3.05, 3.63) is 41.0 Å². The van der Waals surface area contributed by atoms with Crippen LogP contribution in [0.5, 0.6) is 5.75 Å². The monoisotopic (exact) mass is 271 g/mol. The molecule has 3 rings (SSSR count). The van der Waals surface area contributed by atoms with E-state index in [1.807, 2.05) is 11.0 Å². The van der Waals surface area contributed by atoms with Crippen LogP contribution in [0.3, 0.4) is 0 Å². The van der Waals surface area contributed by atoms with Gasteiger partial charge in [-0.1, -0.05) is 17.7 Å². The molecular weight excluding hydrogens is 250 g/mol. The topological polar surface area (TPSA) is 40.5 Å². The maximum atomic E-state index is 12.6. The number of aromatic hydroxyl groups is 1. The molecule has 2 unspecified atom stereocenters. The summed E-state index contributed by atoms with van der Waals surface area (Å²) in [5.41, 5.74) is 2.77. The Morgan fingerprint density at radius 3 is 2.80 bits per heavy atom. The van der Waals surface area contributed by atoms with Gasteiger partial charge in [-0.15, -0.1) is 0 Å². The summed E-state index contributed by atoms with van der Waals surface area (Å²) in [7, 11) is 0. The standard InChI is InChI=1S/C17H21NO2/c1-11-6-7-13-9-18(10-14(13)8-11)17(20)15-4-3-5-16(19)12(15)2/h3-6,13-14,19H,7-10H2,1-2H3. The van der Waals surface area contributed by atoms with Gasteiger partial charge in [0.05, 0.1) is 0 Å². The van der Waals surface area contributed by atoms with Crippen molar-refractivity contribution in [2.45, 2.75) is 26.7 Å². The summed E-state index contributed by atoms with van der Waals surface area (Å²) < 4.78 is 0. The predicted octanol–water partition coefficient (Wildman–Crippen LogP) is 3.13. The minimum absolute atomic E-state index is 0.0606. The third kappa shape index (κ3) is 2.21. The van der Waals surface area contributed by atoms with Crippen molar-refractivity contribution < 1.29 is 9.90 Å². The third-order valence-corrected chi connectivity index (χ3v) is 4.75. The van der Waals surface area contributed by atoms with Crippen molar-refractivity contribution in [3.8, 4) is 5.75 Å². The Morgan fingerprint density at radius 1 is 1.25 bits per heavy atom. The van der Waals surface area contributed by atoms with Crippen LogP contribution in [0, 0.1) is 18.8 Å². The quantitative estimate of drug-likeness (QED) is 0.797. The van der Waals surface area contributed by atoms with Crippen molar-refractivity contribution >= 4 is 5.91 Å². The molecule has 1 heterocycles. The first-order chi connectivity index (χ1) is 9.56. The SMILES string of the molecule is CC1=CCC2CN(C(=O)c3cccc(O)c3C)CC2C1. The minimum Gasteiger partial charge on any atom is -0.508 e. The number of carbonyl (C=O) groups excluding carboxylic acids is 1. The van der Waals surface area contributed by atoms with Gasteiger partial charge in [0.1, 0.15) is 5.75 Å². The maximum Gasteiger partial charge on any atom is 0.254 e. The lowest BCUT2D eigenvalue weighted by Crippen LogP contribution is -2.29. The number of likely N-dealkylation sites (tertiary alicyclic amines) is 1. The van der Waals surface area contributed by atoms with Gasteiger partial charge in [-0.2, -0.15) is 0 Å². The van der Waals surface area contributed by atoms with E-state index in [1.165, 1.54) is 5.57 Å². The van der Waals surface area contributed by atoms with Crippen LogP contribution in [-0.4, -0.2) is 29.0 Å². The van der Waals surface area contributed by atoms with Crippen molar-refractivity contribution in [3.63, 3.8) is 0 Å². The number of nitrogens with zero attached hydrogens (tertiary/aromatic N) is 1. The van der Waals surface area contributed by atoms with Gasteiger partial charge in [-0.05, 0) is 50.7 Å². The fourth-order valence-electron chi connectivity index (χ4n) is 3.48. The summed E-state index contributed by atoms with van der Waals surface area (Å²) >= 11 is 0. The second-order valence-corrected chi connectivity index (χ2v) is 6.17. The van der Waals surface area contributed by atoms with E-state index in [4.69, 9.17) is 0 Å². The highest BCUT2D eigenvalue weighted by Crippen LogP contribution is 2.36. The molecular formula is C17H21NO2. The van der Waals surface area contributed by atoms with Gasteiger partial charge in [-0.3, -0.25) is 4.79 Å². The van der Waals surface area contributed by atoms with E-state index in [9.17, 15) is 9.90 Å². The number of fused-ring (bicyclic) bond motifs is 1. The molecule has 1 N–H and O–H groups in total. The summed E-state index contributed by atoms with van der Waals surface area (Å²) in [5.74, 6) is 1.48. The first-order valence-electron chi connectivity index (χ1n) is 7.29. The zero-order chi connectivity index (χ0) is 14.3. The summed E-state index contributed by atoms with van der Waals surface area (Å²) in [4.78, 5) is 14.6. The Labute approximate surface area is 119 Å². The average molecular weight is 271 g/mol. The Kier molecular flexibility index (Phi) is 3.28. The zero-order valence-electron chi connectivity index (χ0n) is 12.1. The second-order valence-electron chi connectivity index (χ2n) is 6.17. The van der Waals surface area contributed by atoms with Crippen LogP contribution < -0.4 is 0 Å². The van der Waals surface area contributed by atoms with Gasteiger partial charge < -0.3 is 10.0 Å². The molecule has 0 saturated carbocycles. The molecule has 2 atom stereocenters. The van der Waals surface area contributed by atoms with E-state index in [2.05, 4.69) is 13.0 Å². The van der Waals surface area contributed by atoms with Crippen LogP contribution in [0.1, 0.15) is 35.7 Å². The Balaban J connectivity index is 1.78. The van der Waals surface area contributed by atoms with E-state index >= 15 is 0 Å². The van der Waals surface area contributed by atoms with E-state index in [0.29, 0.717) is 23.0 Å². The smallest absolute Gasteiger partial charge is 0.254 e. The van der Waals surface area contributed by atoms with E-state index in [1.54, 1.807) is 19.1 Å². The Morgan fingerprint density at radius 2 is 2.00 bits per heavy atom. The van der Waals surface area contributed by atoms with Crippen LogP contribution in [0.15, 0.2) is 29.8 Å². The summed E-state index contributed by atoms with van der Waals surface area (Å²) in [6, 6.07) is 5.18. The molecule has 1 aromatic carbocycles. The summed E-state index contributed by atoms with van der Waals surface area (Å²) in [6.45, 7) is 5.68. The molecule has 2 aliphatic rings. The van der Waals surface area contributed by atoms with Crippen LogP contribution in [0.2, 0.25) is 0 Å². The van der Waals surface area contributed by atoms with Gasteiger partial charge >= 0.3 is 0 Å². The van der Waals surface area contributed by atoms with E-state index in [0.717, 1.165) is 25.9 Å². The number of rotatable bonds is 1. The highest BCUT2D eigenvalue weighted by Gasteiger charge is 2.36. The van der Waals surface area contributed by atoms with Crippen LogP contribution >= 0.6 is 0 Å². The molecule has 1 amide bonds. The lowest BCUT2D eigenvalue weighted by atomic mass is 9.83. The van der Waals surface area contributed by atoms with Crippen molar-refractivity contribution in [2.24, 2.45) is 11.8 Å². The maximum absolute atomic E-state index is 12.6. The highest BCUT2D eigenvalue weighted by atomic mass is 16.3. The first kappa shape index (κ1) is 13.2. The molecule has 0 aromatic heterocycles. The molecule has 1 aliphatic heterocycles. The average Bonchev–Trinajstić information content (AvgIpc) is 2.84. The number of hydrogen-bond acceptors (Lipinski definition) is 2. The number of phenolic OH excluding ortho intramolecular Hbond substituents is 1. The van der Waals surface area contributed by atoms with Crippen molar-refractivity contribution in [1.29, 1.82) is 0 Å². The molecule has 1 aromatic rings. The molecule has 1 saturated heterocycles. The van der Waals surface area contributed by atoms with Crippen molar-refractivity contribution in [1.82, 2.24) is 4.90 Å². The number of allylic oxidation sites excluding steroid dienone is 2. The number of hydrogen-bond donors (Lipinski definition) is 1. The van der Waals surface area contributed by atoms with E-state index in [-0.39, 0.29) is 11.7 Å². The van der Waals surface area contributed by atoms with E-state index < -0.39 is 0 Å². The normalized spacial score (nSPS) is 25.3. The van der Waals surface area contributed by atoms with Crippen LogP contribution in [-0.2, 0) is 0 Å². The molecule has 0 spiro atoms. The molecule has 0 bridgehead atoms. The lowest BCUT2D eigenvalue weighted by Gasteiger charge is -2.21. The number of phenols is 1. The number of amides is 1. The lowest BCUT2D eigenvalue weighted by molar-refractivity contribution is 0.0783. The summed E-state index contributed by atoms with van der Waals surface area (Å²) in [5, 5.41) is 9.75. The molecule has 1 aliphatic carbocycles. The van der Waals surface area contributed by atoms with Crippen molar-refractivity contribution in [2.75, 3.05) is 13.1 Å². The van der Waals surface area contributed by atoms with Gasteiger partial charge in [0, 0.05) is 24.2 Å². The molecule has 1 fully saturated rings. The Hall–Kier alpha value is -1.77. The molecule has 3 heteroatoms. The fraction of sp³-hybridized carbons (Fsp3) is 0.471. The third-order valence-electron chi connectivity index (χ3n) is 4.75. The Bertz CT molecular complexity index is 576. The predicted molar refractivity (Wildman–Crippen MR) is 78.7 cm³/mol. The van der Waals surface area contributed by atoms with Crippen LogP contribution in [0.25, 0.3) is 0 Å². The number of benzene rings is 1. The minimum atomic E-state index is 0.0606.